The van der Waals surface area contributed by atoms with Gasteiger partial charge in [-0.15, -0.1) is 0 Å². The lowest BCUT2D eigenvalue weighted by Crippen LogP contribution is -2.46. The molecule has 0 saturated carbocycles. The molecule has 0 aromatic heterocycles. The molecule has 0 aliphatic carbocycles. The third kappa shape index (κ3) is 6.18. The Bertz CT molecular complexity index is 626. The maximum Gasteiger partial charge on any atom is 0.408 e. The van der Waals surface area contributed by atoms with Crippen molar-refractivity contribution in [3.8, 4) is 5.75 Å². The average molecular weight is 385 g/mol. The van der Waals surface area contributed by atoms with Gasteiger partial charge in [0.25, 0.3) is 0 Å². The number of benzene rings is 1. The summed E-state index contributed by atoms with van der Waals surface area (Å²) >= 11 is 6.01. The number of carbonyl (C=O) groups excluding carboxylic acids is 1. The Morgan fingerprint density at radius 1 is 1.44 bits per heavy atom. The first-order valence-electron chi connectivity index (χ1n) is 7.95. The van der Waals surface area contributed by atoms with Crippen molar-refractivity contribution in [2.45, 2.75) is 50.7 Å². The molecule has 1 heterocycles. The zero-order chi connectivity index (χ0) is 18.8. The molecule has 0 saturated heterocycles. The quantitative estimate of drug-likeness (QED) is 0.780. The van der Waals surface area contributed by atoms with E-state index in [0.29, 0.717) is 10.8 Å². The van der Waals surface area contributed by atoms with Crippen molar-refractivity contribution < 1.29 is 24.1 Å². The molecule has 1 aromatic carbocycles. The van der Waals surface area contributed by atoms with Crippen molar-refractivity contribution >= 4 is 27.9 Å². The summed E-state index contributed by atoms with van der Waals surface area (Å²) in [4.78, 5) is 12.2. The van der Waals surface area contributed by atoms with Crippen LogP contribution in [0.5, 0.6) is 5.75 Å². The minimum Gasteiger partial charge on any atom is -0.490 e. The maximum absolute atomic E-state index is 12.2. The molecule has 2 N–H and O–H groups in total. The van der Waals surface area contributed by atoms with E-state index in [2.05, 4.69) is 15.6 Å². The topological polar surface area (TPSA) is 77.0 Å². The molecule has 1 aromatic rings. The van der Waals surface area contributed by atoms with Gasteiger partial charge in [0.1, 0.15) is 24.1 Å². The van der Waals surface area contributed by atoms with E-state index in [9.17, 15) is 9.90 Å². The Labute approximate surface area is 156 Å². The molecule has 8 heteroatoms. The summed E-state index contributed by atoms with van der Waals surface area (Å²) in [6.45, 7) is 7.17. The highest BCUT2D eigenvalue weighted by molar-refractivity contribution is 6.30. The van der Waals surface area contributed by atoms with Gasteiger partial charge >= 0.3 is 6.09 Å². The largest absolute Gasteiger partial charge is 0.490 e. The first kappa shape index (κ1) is 20.0. The molecule has 1 aliphatic heterocycles. The second-order valence-electron chi connectivity index (χ2n) is 7.24. The molecule has 0 fully saturated rings. The predicted molar refractivity (Wildman–Crippen MR) is 95.2 cm³/mol. The molecule has 1 aliphatic rings. The summed E-state index contributed by atoms with van der Waals surface area (Å²) in [5.74, 6) is 0.582. The number of amides is 1. The second-order valence-corrected chi connectivity index (χ2v) is 8.75. The zero-order valence-corrected chi connectivity index (χ0v) is 16.5. The number of nitrogens with one attached hydrogen (secondary N) is 1. The molecule has 0 spiro atoms. The van der Waals surface area contributed by atoms with E-state index in [4.69, 9.17) is 25.8 Å². The Morgan fingerprint density at radius 3 is 2.72 bits per heavy atom. The van der Waals surface area contributed by atoms with Gasteiger partial charge in [0.15, 0.2) is 0 Å². The third-order valence-corrected chi connectivity index (χ3v) is 3.72. The summed E-state index contributed by atoms with van der Waals surface area (Å²) < 4.78 is 16.8. The van der Waals surface area contributed by atoms with Crippen LogP contribution in [0.1, 0.15) is 39.3 Å². The Balaban J connectivity index is 2.21. The van der Waals surface area contributed by atoms with E-state index >= 15 is 0 Å². The van der Waals surface area contributed by atoms with Crippen molar-refractivity contribution in [1.29, 1.82) is 0 Å². The van der Waals surface area contributed by atoms with Crippen LogP contribution in [0.2, 0.25) is 5.02 Å². The van der Waals surface area contributed by atoms with E-state index in [1.165, 1.54) is 0 Å². The Kier molecular flexibility index (Phi) is 6.04. The van der Waals surface area contributed by atoms with E-state index in [1.807, 2.05) is 0 Å². The van der Waals surface area contributed by atoms with Gasteiger partial charge in [-0.3, -0.25) is 0 Å². The van der Waals surface area contributed by atoms with Crippen molar-refractivity contribution in [1.82, 2.24) is 5.32 Å². The van der Waals surface area contributed by atoms with Crippen LogP contribution >= 0.6 is 11.6 Å². The van der Waals surface area contributed by atoms with Crippen molar-refractivity contribution in [2.75, 3.05) is 13.2 Å². The van der Waals surface area contributed by atoms with Gasteiger partial charge in [0.2, 0.25) is 0 Å². The predicted octanol–water partition coefficient (Wildman–Crippen LogP) is 2.56. The highest BCUT2D eigenvalue weighted by Crippen LogP contribution is 2.35. The Hall–Kier alpha value is -1.28. The van der Waals surface area contributed by atoms with Crippen molar-refractivity contribution in [3.63, 3.8) is 0 Å². The monoisotopic (exact) mass is 384 g/mol. The van der Waals surface area contributed by atoms with Crippen LogP contribution in [0.15, 0.2) is 18.2 Å². The lowest BCUT2D eigenvalue weighted by molar-refractivity contribution is -0.0603. The molecular formula is C17H23ClNO5Si. The molecule has 3 atom stereocenters. The molecular weight excluding hydrogens is 362 g/mol. The molecule has 0 bridgehead atoms. The summed E-state index contributed by atoms with van der Waals surface area (Å²) in [6, 6.07) is 4.69. The summed E-state index contributed by atoms with van der Waals surface area (Å²) in [6.07, 6.45) is -1.05. The highest BCUT2D eigenvalue weighted by Gasteiger charge is 2.35. The first-order chi connectivity index (χ1) is 11.4. The van der Waals surface area contributed by atoms with Crippen LogP contribution in [-0.2, 0) is 9.47 Å². The smallest absolute Gasteiger partial charge is 0.408 e. The van der Waals surface area contributed by atoms with Gasteiger partial charge < -0.3 is 24.6 Å². The average Bonchev–Trinajstić information content (AvgIpc) is 2.43. The molecule has 1 amide bonds. The van der Waals surface area contributed by atoms with E-state index < -0.39 is 29.1 Å². The number of aliphatic hydroxyl groups is 1. The van der Waals surface area contributed by atoms with Crippen molar-refractivity contribution in [3.05, 3.63) is 28.8 Å². The van der Waals surface area contributed by atoms with Gasteiger partial charge in [-0.1, -0.05) is 17.7 Å². The number of alkyl carbamates (subject to hydrolysis) is 1. The van der Waals surface area contributed by atoms with E-state index in [0.717, 1.165) is 5.56 Å². The number of ether oxygens (including phenoxy) is 3. The standard InChI is InChI=1S/C17H23ClNO5Si/c1-16(2,3)24-15(20)19-14-11-6-5-10(18)7-12(11)22-8-13(14)23-9-17(4,21)25/h5-7,13-14,21H,8-9H2,1-4H3,(H,19,20)/t13-,14+,17-/m0/s1. The van der Waals surface area contributed by atoms with Crippen molar-refractivity contribution in [2.24, 2.45) is 0 Å². The van der Waals surface area contributed by atoms with Crippen LogP contribution in [-0.4, -0.2) is 51.6 Å². The first-order valence-corrected chi connectivity index (χ1v) is 8.83. The van der Waals surface area contributed by atoms with Gasteiger partial charge in [-0.2, -0.15) is 0 Å². The normalized spacial score (nSPS) is 22.4. The minimum absolute atomic E-state index is 0.0212. The number of rotatable bonds is 4. The minimum atomic E-state index is -1.18. The summed E-state index contributed by atoms with van der Waals surface area (Å²) in [5, 5.41) is 12.0. The Morgan fingerprint density at radius 2 is 2.12 bits per heavy atom. The maximum atomic E-state index is 12.2. The number of carbonyl (C=O) groups is 1. The van der Waals surface area contributed by atoms with E-state index in [1.54, 1.807) is 45.9 Å². The fourth-order valence-corrected chi connectivity index (χ4v) is 2.62. The van der Waals surface area contributed by atoms with Crippen LogP contribution in [0, 0.1) is 0 Å². The van der Waals surface area contributed by atoms with Crippen LogP contribution < -0.4 is 10.1 Å². The second kappa shape index (κ2) is 7.53. The fourth-order valence-electron chi connectivity index (χ4n) is 2.38. The van der Waals surface area contributed by atoms with Crippen LogP contribution in [0.25, 0.3) is 0 Å². The summed E-state index contributed by atoms with van der Waals surface area (Å²) in [5.41, 5.74) is 0.119. The highest BCUT2D eigenvalue weighted by atomic mass is 35.5. The van der Waals surface area contributed by atoms with Gasteiger partial charge in [0, 0.05) is 10.6 Å². The molecule has 0 unspecified atom stereocenters. The molecule has 3 radical (unpaired) electrons. The zero-order valence-electron chi connectivity index (χ0n) is 14.8. The molecule has 2 rings (SSSR count). The number of halogens is 1. The lowest BCUT2D eigenvalue weighted by Gasteiger charge is -2.35. The summed E-state index contributed by atoms with van der Waals surface area (Å²) in [7, 11) is 3.17. The molecule has 137 valence electrons. The van der Waals surface area contributed by atoms with Crippen LogP contribution in [0.4, 0.5) is 4.79 Å². The van der Waals surface area contributed by atoms with Gasteiger partial charge in [-0.25, -0.2) is 4.79 Å². The number of hydrogen-bond acceptors (Lipinski definition) is 5. The lowest BCUT2D eigenvalue weighted by atomic mass is 9.98. The van der Waals surface area contributed by atoms with Gasteiger partial charge in [0.05, 0.1) is 28.1 Å². The molecule has 6 nitrogen and oxygen atoms in total. The molecule has 25 heavy (non-hydrogen) atoms. The van der Waals surface area contributed by atoms with E-state index in [-0.39, 0.29) is 13.2 Å². The van der Waals surface area contributed by atoms with Gasteiger partial charge in [-0.05, 0) is 39.8 Å². The fraction of sp³-hybridized carbons (Fsp3) is 0.588. The number of hydrogen-bond donors (Lipinski definition) is 2. The van der Waals surface area contributed by atoms with Crippen LogP contribution in [0.3, 0.4) is 0 Å². The third-order valence-electron chi connectivity index (χ3n) is 3.34. The number of fused-ring (bicyclic) bond motifs is 1. The SMILES string of the molecule is CC(C)(C)OC(=O)N[C@@H]1c2ccc(Cl)cc2OC[C@@H]1OC[C@@](C)(O)[Si].